The molecule has 0 spiro atoms. The molecule has 1 aliphatic heterocycles. The second-order valence-corrected chi connectivity index (χ2v) is 5.14. The number of carbonyl (C=O) groups is 1. The zero-order valence-corrected chi connectivity index (χ0v) is 12.0. The molecule has 1 amide bonds. The highest BCUT2D eigenvalue weighted by Gasteiger charge is 2.40. The Morgan fingerprint density at radius 1 is 1.36 bits per heavy atom. The fourth-order valence-electron chi connectivity index (χ4n) is 2.42. The average molecular weight is 303 g/mol. The first-order valence-electron chi connectivity index (χ1n) is 6.57. The van der Waals surface area contributed by atoms with Crippen molar-refractivity contribution in [2.75, 3.05) is 11.9 Å². The monoisotopic (exact) mass is 303 g/mol. The molecule has 0 fully saturated rings. The number of hydrogen-bond donors (Lipinski definition) is 1. The Bertz CT molecular complexity index is 752. The van der Waals surface area contributed by atoms with Crippen molar-refractivity contribution in [1.29, 1.82) is 0 Å². The Labute approximate surface area is 125 Å². The van der Waals surface area contributed by atoms with E-state index in [0.29, 0.717) is 22.7 Å². The quantitative estimate of drug-likeness (QED) is 0.672. The van der Waals surface area contributed by atoms with Gasteiger partial charge < -0.3 is 14.6 Å². The Morgan fingerprint density at radius 2 is 2.05 bits per heavy atom. The topological polar surface area (TPSA) is 108 Å². The van der Waals surface area contributed by atoms with Gasteiger partial charge in [-0.25, -0.2) is 0 Å². The molecule has 1 N–H and O–H groups in total. The van der Waals surface area contributed by atoms with E-state index in [1.54, 1.807) is 26.0 Å². The zero-order chi connectivity index (χ0) is 15.9. The second kappa shape index (κ2) is 4.92. The number of rotatable bonds is 2. The number of nitrogens with one attached hydrogen (secondary N) is 1. The number of hydrogen-bond acceptors (Lipinski definition) is 6. The summed E-state index contributed by atoms with van der Waals surface area (Å²) in [6.07, 6.45) is 0. The Balaban J connectivity index is 2.11. The molecule has 0 aliphatic carbocycles. The predicted molar refractivity (Wildman–Crippen MR) is 75.4 cm³/mol. The molecule has 22 heavy (non-hydrogen) atoms. The molecule has 1 aromatic heterocycles. The average Bonchev–Trinajstić information content (AvgIpc) is 2.80. The van der Waals surface area contributed by atoms with Crippen molar-refractivity contribution in [2.45, 2.75) is 19.4 Å². The lowest BCUT2D eigenvalue weighted by Crippen LogP contribution is -2.28. The third-order valence-corrected chi connectivity index (χ3v) is 3.70. The highest BCUT2D eigenvalue weighted by atomic mass is 16.6. The van der Waals surface area contributed by atoms with Gasteiger partial charge in [-0.3, -0.25) is 14.9 Å². The summed E-state index contributed by atoms with van der Waals surface area (Å²) in [6.45, 7) is 3.28. The molecule has 0 saturated heterocycles. The molecule has 1 aliphatic rings. The van der Waals surface area contributed by atoms with Crippen LogP contribution in [0.2, 0.25) is 0 Å². The van der Waals surface area contributed by atoms with Crippen LogP contribution in [0.1, 0.15) is 23.9 Å². The molecule has 3 rings (SSSR count). The maximum absolute atomic E-state index is 11.8. The maximum Gasteiger partial charge on any atom is 0.269 e. The summed E-state index contributed by atoms with van der Waals surface area (Å²) in [5.74, 6) is 0.167. The van der Waals surface area contributed by atoms with Gasteiger partial charge in [0.15, 0.2) is 5.76 Å². The van der Waals surface area contributed by atoms with E-state index < -0.39 is 10.5 Å². The van der Waals surface area contributed by atoms with Crippen molar-refractivity contribution in [1.82, 2.24) is 5.16 Å². The summed E-state index contributed by atoms with van der Waals surface area (Å²) in [5.41, 5.74) is 0.491. The number of nitrogens with zero attached hydrogens (tertiary/aromatic N) is 2. The Morgan fingerprint density at radius 3 is 2.68 bits per heavy atom. The van der Waals surface area contributed by atoms with Crippen LogP contribution in [0, 0.1) is 17.0 Å². The number of aromatic nitrogens is 1. The summed E-state index contributed by atoms with van der Waals surface area (Å²) in [7, 11) is 0. The van der Waals surface area contributed by atoms with Crippen molar-refractivity contribution < 1.29 is 19.0 Å². The predicted octanol–water partition coefficient (Wildman–Crippen LogP) is 2.12. The molecule has 8 heteroatoms. The minimum atomic E-state index is -1.04. The first-order chi connectivity index (χ1) is 10.4. The number of aryl methyl sites for hydroxylation is 1. The van der Waals surface area contributed by atoms with Gasteiger partial charge in [0.25, 0.3) is 11.6 Å². The van der Waals surface area contributed by atoms with Gasteiger partial charge in [-0.1, -0.05) is 5.16 Å². The molecule has 0 radical (unpaired) electrons. The fraction of sp³-hybridized carbons (Fsp3) is 0.286. The van der Waals surface area contributed by atoms with Crippen LogP contribution in [0.25, 0.3) is 0 Å². The molecule has 8 nitrogen and oxygen atoms in total. The van der Waals surface area contributed by atoms with E-state index >= 15 is 0 Å². The number of ether oxygens (including phenoxy) is 1. The van der Waals surface area contributed by atoms with Crippen LogP contribution in [0.3, 0.4) is 0 Å². The Hall–Kier alpha value is -2.74. The third-order valence-electron chi connectivity index (χ3n) is 3.70. The van der Waals surface area contributed by atoms with Crippen molar-refractivity contribution in [3.63, 3.8) is 0 Å². The molecule has 0 saturated carbocycles. The lowest BCUT2D eigenvalue weighted by atomic mass is 9.91. The van der Waals surface area contributed by atoms with Crippen LogP contribution >= 0.6 is 0 Å². The van der Waals surface area contributed by atoms with Crippen LogP contribution in [0.5, 0.6) is 0 Å². The van der Waals surface area contributed by atoms with Gasteiger partial charge in [0.1, 0.15) is 23.6 Å². The van der Waals surface area contributed by atoms with E-state index in [1.165, 1.54) is 12.1 Å². The van der Waals surface area contributed by atoms with Crippen LogP contribution in [0.15, 0.2) is 28.8 Å². The van der Waals surface area contributed by atoms with Crippen molar-refractivity contribution >= 4 is 17.3 Å². The Kier molecular flexibility index (Phi) is 3.18. The molecule has 2 heterocycles. The van der Waals surface area contributed by atoms with E-state index in [2.05, 4.69) is 10.5 Å². The van der Waals surface area contributed by atoms with E-state index in [4.69, 9.17) is 9.26 Å². The second-order valence-electron chi connectivity index (χ2n) is 5.14. The van der Waals surface area contributed by atoms with Crippen LogP contribution < -0.4 is 5.32 Å². The zero-order valence-electron chi connectivity index (χ0n) is 12.0. The standard InChI is InChI=1S/C14H13N3O5/c1-8-12-13(16-22-8)14(2,21-7-11(18)15-12)9-3-5-10(6-4-9)17(19)20/h3-6H,7H2,1-2H3,(H,15,18). The number of carbonyl (C=O) groups excluding carboxylic acids is 1. The first-order valence-corrected chi connectivity index (χ1v) is 6.57. The summed E-state index contributed by atoms with van der Waals surface area (Å²) in [5, 5.41) is 17.4. The summed E-state index contributed by atoms with van der Waals surface area (Å²) >= 11 is 0. The number of nitro groups is 1. The molecular formula is C14H13N3O5. The lowest BCUT2D eigenvalue weighted by Gasteiger charge is -2.26. The van der Waals surface area contributed by atoms with E-state index in [0.717, 1.165) is 0 Å². The van der Waals surface area contributed by atoms with Gasteiger partial charge in [0, 0.05) is 12.1 Å². The van der Waals surface area contributed by atoms with Crippen molar-refractivity contribution in [3.05, 3.63) is 51.4 Å². The fourth-order valence-corrected chi connectivity index (χ4v) is 2.42. The van der Waals surface area contributed by atoms with E-state index in [9.17, 15) is 14.9 Å². The van der Waals surface area contributed by atoms with Gasteiger partial charge in [0.2, 0.25) is 0 Å². The van der Waals surface area contributed by atoms with E-state index in [-0.39, 0.29) is 18.2 Å². The molecule has 1 aromatic carbocycles. The number of fused-ring (bicyclic) bond motifs is 1. The molecule has 1 atom stereocenters. The maximum atomic E-state index is 11.8. The molecule has 114 valence electrons. The SMILES string of the molecule is Cc1onc2c1NC(=O)COC2(C)c1ccc([N+](=O)[O-])cc1. The van der Waals surface area contributed by atoms with Gasteiger partial charge in [0.05, 0.1) is 4.92 Å². The molecule has 0 bridgehead atoms. The lowest BCUT2D eigenvalue weighted by molar-refractivity contribution is -0.384. The van der Waals surface area contributed by atoms with Crippen molar-refractivity contribution in [3.8, 4) is 0 Å². The summed E-state index contributed by atoms with van der Waals surface area (Å²) < 4.78 is 10.9. The first kappa shape index (κ1) is 14.2. The van der Waals surface area contributed by atoms with Gasteiger partial charge in [-0.05, 0) is 31.5 Å². The summed E-state index contributed by atoms with van der Waals surface area (Å²) in [6, 6.07) is 5.94. The van der Waals surface area contributed by atoms with Crippen molar-refractivity contribution in [2.24, 2.45) is 0 Å². The summed E-state index contributed by atoms with van der Waals surface area (Å²) in [4.78, 5) is 22.0. The highest BCUT2D eigenvalue weighted by molar-refractivity contribution is 5.93. The van der Waals surface area contributed by atoms with Gasteiger partial charge in [-0.2, -0.15) is 0 Å². The van der Waals surface area contributed by atoms with Crippen LogP contribution in [0.4, 0.5) is 11.4 Å². The number of anilines is 1. The van der Waals surface area contributed by atoms with Crippen LogP contribution in [-0.4, -0.2) is 22.6 Å². The minimum Gasteiger partial charge on any atom is -0.359 e. The van der Waals surface area contributed by atoms with Gasteiger partial charge >= 0.3 is 0 Å². The minimum absolute atomic E-state index is 0.0215. The molecular weight excluding hydrogens is 290 g/mol. The smallest absolute Gasteiger partial charge is 0.269 e. The van der Waals surface area contributed by atoms with Gasteiger partial charge in [-0.15, -0.1) is 0 Å². The highest BCUT2D eigenvalue weighted by Crippen LogP contribution is 2.40. The third kappa shape index (κ3) is 2.13. The molecule has 2 aromatic rings. The van der Waals surface area contributed by atoms with E-state index in [1.807, 2.05) is 0 Å². The number of nitro benzene ring substituents is 1. The number of benzene rings is 1. The normalized spacial score (nSPS) is 20.9. The largest absolute Gasteiger partial charge is 0.359 e. The number of non-ortho nitro benzene ring substituents is 1. The van der Waals surface area contributed by atoms with Crippen LogP contribution in [-0.2, 0) is 15.1 Å². The molecule has 1 unspecified atom stereocenters. The number of amides is 1.